The average molecular weight is 238 g/mol. The topological polar surface area (TPSA) is 31.4 Å². The van der Waals surface area contributed by atoms with Gasteiger partial charge in [0.05, 0.1) is 24.6 Å². The van der Waals surface area contributed by atoms with Crippen molar-refractivity contribution >= 4 is 22.5 Å². The molecular formula is C12H12ClNO2. The van der Waals surface area contributed by atoms with E-state index in [2.05, 4.69) is 4.98 Å². The fourth-order valence-corrected chi connectivity index (χ4v) is 2.03. The first kappa shape index (κ1) is 11.0. The van der Waals surface area contributed by atoms with Gasteiger partial charge in [0, 0.05) is 5.69 Å². The van der Waals surface area contributed by atoms with E-state index in [0.717, 1.165) is 16.6 Å². The van der Waals surface area contributed by atoms with Crippen molar-refractivity contribution in [2.45, 2.75) is 6.92 Å². The van der Waals surface area contributed by atoms with Gasteiger partial charge < -0.3 is 9.47 Å². The molecule has 0 N–H and O–H groups in total. The number of hydrogen-bond donors (Lipinski definition) is 0. The van der Waals surface area contributed by atoms with Crippen LogP contribution in [0.25, 0.3) is 10.9 Å². The summed E-state index contributed by atoms with van der Waals surface area (Å²) in [4.78, 5) is 4.43. The minimum atomic E-state index is 0.623. The lowest BCUT2D eigenvalue weighted by molar-refractivity contribution is 0.409. The van der Waals surface area contributed by atoms with Crippen molar-refractivity contribution in [3.05, 3.63) is 28.9 Å². The van der Waals surface area contributed by atoms with E-state index in [9.17, 15) is 0 Å². The highest BCUT2D eigenvalue weighted by Gasteiger charge is 2.12. The maximum Gasteiger partial charge on any atom is 0.145 e. The smallest absolute Gasteiger partial charge is 0.145 e. The molecule has 0 radical (unpaired) electrons. The van der Waals surface area contributed by atoms with Crippen molar-refractivity contribution in [1.29, 1.82) is 0 Å². The Morgan fingerprint density at radius 2 is 1.75 bits per heavy atom. The lowest BCUT2D eigenvalue weighted by Crippen LogP contribution is -1.93. The summed E-state index contributed by atoms with van der Waals surface area (Å²) < 4.78 is 10.5. The molecule has 0 amide bonds. The summed E-state index contributed by atoms with van der Waals surface area (Å²) in [5, 5.41) is 1.41. The number of pyridine rings is 1. The lowest BCUT2D eigenvalue weighted by atomic mass is 10.1. The number of hydrogen-bond acceptors (Lipinski definition) is 3. The van der Waals surface area contributed by atoms with Crippen molar-refractivity contribution in [1.82, 2.24) is 4.98 Å². The molecule has 0 saturated carbocycles. The molecule has 1 aromatic carbocycles. The molecular weight excluding hydrogens is 226 g/mol. The number of halogens is 1. The third-order valence-electron chi connectivity index (χ3n) is 2.41. The minimum Gasteiger partial charge on any atom is -0.496 e. The van der Waals surface area contributed by atoms with Crippen LogP contribution in [0.4, 0.5) is 0 Å². The summed E-state index contributed by atoms with van der Waals surface area (Å²) in [5.41, 5.74) is 1.58. The summed E-state index contributed by atoms with van der Waals surface area (Å²) in [6.07, 6.45) is 0. The largest absolute Gasteiger partial charge is 0.496 e. The van der Waals surface area contributed by atoms with Crippen molar-refractivity contribution in [3.8, 4) is 11.5 Å². The second-order valence-corrected chi connectivity index (χ2v) is 3.85. The maximum atomic E-state index is 6.20. The Morgan fingerprint density at radius 1 is 1.12 bits per heavy atom. The van der Waals surface area contributed by atoms with Crippen LogP contribution in [0.1, 0.15) is 5.69 Å². The van der Waals surface area contributed by atoms with E-state index in [-0.39, 0.29) is 0 Å². The minimum absolute atomic E-state index is 0.623. The van der Waals surface area contributed by atoms with Crippen LogP contribution in [0.5, 0.6) is 11.5 Å². The number of benzene rings is 1. The van der Waals surface area contributed by atoms with Gasteiger partial charge in [0.15, 0.2) is 0 Å². The lowest BCUT2D eigenvalue weighted by Gasteiger charge is -2.10. The Bertz CT molecular complexity index is 540. The molecule has 0 aliphatic carbocycles. The van der Waals surface area contributed by atoms with Gasteiger partial charge in [0.25, 0.3) is 0 Å². The van der Waals surface area contributed by atoms with Gasteiger partial charge in [-0.05, 0) is 25.1 Å². The normalized spacial score (nSPS) is 10.5. The van der Waals surface area contributed by atoms with E-state index in [0.29, 0.717) is 16.5 Å². The molecule has 84 valence electrons. The van der Waals surface area contributed by atoms with Gasteiger partial charge in [0.1, 0.15) is 17.0 Å². The summed E-state index contributed by atoms with van der Waals surface area (Å²) in [6.45, 7) is 1.89. The van der Waals surface area contributed by atoms with E-state index in [1.807, 2.05) is 25.1 Å². The van der Waals surface area contributed by atoms with Crippen LogP contribution < -0.4 is 9.47 Å². The second-order valence-electron chi connectivity index (χ2n) is 3.44. The van der Waals surface area contributed by atoms with E-state index in [4.69, 9.17) is 21.1 Å². The number of ether oxygens (including phenoxy) is 2. The number of methoxy groups -OCH3 is 2. The average Bonchev–Trinajstić information content (AvgIpc) is 2.27. The van der Waals surface area contributed by atoms with Gasteiger partial charge in [-0.3, -0.25) is 0 Å². The molecule has 0 unspecified atom stereocenters. The number of aromatic nitrogens is 1. The Kier molecular flexibility index (Phi) is 2.88. The van der Waals surface area contributed by atoms with Crippen molar-refractivity contribution < 1.29 is 9.47 Å². The zero-order chi connectivity index (χ0) is 11.7. The quantitative estimate of drug-likeness (QED) is 0.804. The molecule has 1 aromatic heterocycles. The van der Waals surface area contributed by atoms with E-state index < -0.39 is 0 Å². The summed E-state index contributed by atoms with van der Waals surface area (Å²) in [5.74, 6) is 1.40. The Balaban J connectivity index is 2.90. The van der Waals surface area contributed by atoms with Gasteiger partial charge in [0.2, 0.25) is 0 Å². The molecule has 0 fully saturated rings. The molecule has 0 atom stereocenters. The molecule has 2 rings (SSSR count). The number of aryl methyl sites for hydroxylation is 1. The van der Waals surface area contributed by atoms with Gasteiger partial charge in [-0.25, -0.2) is 4.98 Å². The third kappa shape index (κ3) is 1.67. The molecule has 0 bridgehead atoms. The maximum absolute atomic E-state index is 6.20. The Morgan fingerprint density at radius 3 is 2.38 bits per heavy atom. The molecule has 0 spiro atoms. The predicted octanol–water partition coefficient (Wildman–Crippen LogP) is 3.21. The molecule has 4 heteroatoms. The standard InChI is InChI=1S/C12H12ClNO2/c1-7-6-8(13)11-9(15-2)4-5-10(16-3)12(11)14-7/h4-6H,1-3H3. The Hall–Kier alpha value is -1.48. The van der Waals surface area contributed by atoms with Crippen LogP contribution >= 0.6 is 11.6 Å². The first-order valence-corrected chi connectivity index (χ1v) is 5.23. The zero-order valence-corrected chi connectivity index (χ0v) is 10.1. The van der Waals surface area contributed by atoms with Crippen molar-refractivity contribution in [3.63, 3.8) is 0 Å². The number of rotatable bonds is 2. The monoisotopic (exact) mass is 237 g/mol. The van der Waals surface area contributed by atoms with Crippen LogP contribution in [0.2, 0.25) is 5.02 Å². The first-order chi connectivity index (χ1) is 7.67. The SMILES string of the molecule is COc1ccc(OC)c2c(Cl)cc(C)nc12. The zero-order valence-electron chi connectivity index (χ0n) is 9.37. The fourth-order valence-electron chi connectivity index (χ4n) is 1.69. The van der Waals surface area contributed by atoms with Crippen LogP contribution in [-0.2, 0) is 0 Å². The highest BCUT2D eigenvalue weighted by Crippen LogP contribution is 2.36. The summed E-state index contributed by atoms with van der Waals surface area (Å²) in [7, 11) is 3.22. The highest BCUT2D eigenvalue weighted by atomic mass is 35.5. The number of fused-ring (bicyclic) bond motifs is 1. The van der Waals surface area contributed by atoms with Crippen LogP contribution in [0, 0.1) is 6.92 Å². The molecule has 0 aliphatic heterocycles. The third-order valence-corrected chi connectivity index (χ3v) is 2.70. The summed E-state index contributed by atoms with van der Waals surface area (Å²) in [6, 6.07) is 5.46. The van der Waals surface area contributed by atoms with Gasteiger partial charge in [-0.15, -0.1) is 0 Å². The molecule has 0 saturated heterocycles. The molecule has 3 nitrogen and oxygen atoms in total. The number of nitrogens with zero attached hydrogens (tertiary/aromatic N) is 1. The van der Waals surface area contributed by atoms with Gasteiger partial charge in [-0.2, -0.15) is 0 Å². The molecule has 16 heavy (non-hydrogen) atoms. The predicted molar refractivity (Wildman–Crippen MR) is 64.6 cm³/mol. The summed E-state index contributed by atoms with van der Waals surface area (Å²) >= 11 is 6.20. The van der Waals surface area contributed by atoms with E-state index in [1.54, 1.807) is 14.2 Å². The van der Waals surface area contributed by atoms with E-state index >= 15 is 0 Å². The van der Waals surface area contributed by atoms with E-state index in [1.165, 1.54) is 0 Å². The Labute approximate surface area is 99.0 Å². The fraction of sp³-hybridized carbons (Fsp3) is 0.250. The van der Waals surface area contributed by atoms with Gasteiger partial charge in [-0.1, -0.05) is 11.6 Å². The molecule has 1 heterocycles. The van der Waals surface area contributed by atoms with Crippen LogP contribution in [-0.4, -0.2) is 19.2 Å². The second kappa shape index (κ2) is 4.18. The van der Waals surface area contributed by atoms with Crippen LogP contribution in [0.3, 0.4) is 0 Å². The van der Waals surface area contributed by atoms with Crippen molar-refractivity contribution in [2.24, 2.45) is 0 Å². The molecule has 0 aliphatic rings. The molecule has 2 aromatic rings. The van der Waals surface area contributed by atoms with Crippen LogP contribution in [0.15, 0.2) is 18.2 Å². The van der Waals surface area contributed by atoms with Crippen molar-refractivity contribution in [2.75, 3.05) is 14.2 Å². The van der Waals surface area contributed by atoms with Gasteiger partial charge >= 0.3 is 0 Å². The first-order valence-electron chi connectivity index (χ1n) is 4.85. The highest BCUT2D eigenvalue weighted by molar-refractivity contribution is 6.36.